The average molecular weight is 488 g/mol. The zero-order valence-electron chi connectivity index (χ0n) is 23.0. The summed E-state index contributed by atoms with van der Waals surface area (Å²) in [6, 6.07) is -0.515. The summed E-state index contributed by atoms with van der Waals surface area (Å²) in [5.74, 6) is 2.76. The quantitative estimate of drug-likeness (QED) is 0.464. The molecule has 0 saturated heterocycles. The van der Waals surface area contributed by atoms with Crippen LogP contribution in [-0.2, 0) is 19.1 Å². The molecule has 0 aromatic heterocycles. The van der Waals surface area contributed by atoms with E-state index < -0.39 is 12.0 Å². The van der Waals surface area contributed by atoms with E-state index in [2.05, 4.69) is 13.8 Å². The minimum Gasteiger partial charge on any atom is -0.462 e. The predicted molar refractivity (Wildman–Crippen MR) is 137 cm³/mol. The number of carbonyl (C=O) groups excluding carboxylic acids is 3. The van der Waals surface area contributed by atoms with Crippen LogP contribution in [0.5, 0.6) is 0 Å². The summed E-state index contributed by atoms with van der Waals surface area (Å²) < 4.78 is 5.98. The molecule has 2 N–H and O–H groups in total. The Bertz CT molecular complexity index is 838. The second-order valence-corrected chi connectivity index (χ2v) is 13.6. The molecular weight excluding hydrogens is 438 g/mol. The van der Waals surface area contributed by atoms with Gasteiger partial charge in [0.2, 0.25) is 0 Å². The summed E-state index contributed by atoms with van der Waals surface area (Å²) in [5.41, 5.74) is 6.49. The molecule has 4 aliphatic rings. The highest BCUT2D eigenvalue weighted by Crippen LogP contribution is 2.67. The van der Waals surface area contributed by atoms with Crippen molar-refractivity contribution in [2.75, 3.05) is 0 Å². The lowest BCUT2D eigenvalue weighted by atomic mass is 9.44. The maximum atomic E-state index is 12.8. The molecule has 0 amide bonds. The van der Waals surface area contributed by atoms with Crippen molar-refractivity contribution < 1.29 is 19.1 Å². The summed E-state index contributed by atoms with van der Waals surface area (Å²) in [6.45, 7) is 12.4. The van der Waals surface area contributed by atoms with E-state index in [1.807, 2.05) is 13.8 Å². The molecule has 10 atom stereocenters. The van der Waals surface area contributed by atoms with Crippen molar-refractivity contribution in [3.63, 3.8) is 0 Å². The van der Waals surface area contributed by atoms with E-state index in [4.69, 9.17) is 10.5 Å². The van der Waals surface area contributed by atoms with Crippen molar-refractivity contribution in [2.24, 2.45) is 58.0 Å². The molecule has 4 saturated carbocycles. The SMILES string of the molecule is CC(=O)[C@H]1CC[C@H]2[C@@H]3CC[C@H]4C[C@H](OC(=O)[C@H](C)CC(=O)[C@@H](N)C(C)C)CC[C@]4(C)[C@H]3CC[C@]12C. The van der Waals surface area contributed by atoms with Crippen LogP contribution in [0.15, 0.2) is 0 Å². The molecule has 4 aliphatic carbocycles. The van der Waals surface area contributed by atoms with Crippen LogP contribution in [0, 0.1) is 52.3 Å². The van der Waals surface area contributed by atoms with E-state index >= 15 is 0 Å². The van der Waals surface area contributed by atoms with Crippen LogP contribution in [-0.4, -0.2) is 29.7 Å². The number of fused-ring (bicyclic) bond motifs is 5. The van der Waals surface area contributed by atoms with Gasteiger partial charge in [-0.3, -0.25) is 14.4 Å². The highest BCUT2D eigenvalue weighted by Gasteiger charge is 2.61. The van der Waals surface area contributed by atoms with E-state index in [1.54, 1.807) is 13.8 Å². The normalized spacial score (nSPS) is 42.4. The number of carbonyl (C=O) groups is 3. The molecule has 198 valence electrons. The molecule has 0 aliphatic heterocycles. The Morgan fingerprint density at radius 1 is 0.914 bits per heavy atom. The Kier molecular flexibility index (Phi) is 7.60. The topological polar surface area (TPSA) is 86.5 Å². The molecular formula is C30H49NO4. The van der Waals surface area contributed by atoms with Crippen molar-refractivity contribution in [2.45, 2.75) is 118 Å². The third kappa shape index (κ3) is 4.76. The lowest BCUT2D eigenvalue weighted by Gasteiger charge is -2.61. The van der Waals surface area contributed by atoms with Crippen LogP contribution in [0.25, 0.3) is 0 Å². The molecule has 5 heteroatoms. The molecule has 0 spiro atoms. The fourth-order valence-electron chi connectivity index (χ4n) is 9.17. The monoisotopic (exact) mass is 487 g/mol. The third-order valence-electron chi connectivity index (χ3n) is 11.4. The number of ketones is 2. The van der Waals surface area contributed by atoms with Gasteiger partial charge in [-0.2, -0.15) is 0 Å². The number of ether oxygens (including phenoxy) is 1. The van der Waals surface area contributed by atoms with Crippen LogP contribution in [0.1, 0.15) is 106 Å². The van der Waals surface area contributed by atoms with Gasteiger partial charge in [0.25, 0.3) is 0 Å². The van der Waals surface area contributed by atoms with E-state index in [-0.39, 0.29) is 41.5 Å². The lowest BCUT2D eigenvalue weighted by molar-refractivity contribution is -0.167. The summed E-state index contributed by atoms with van der Waals surface area (Å²) in [7, 11) is 0. The third-order valence-corrected chi connectivity index (χ3v) is 11.4. The van der Waals surface area contributed by atoms with Gasteiger partial charge in [-0.1, -0.05) is 34.6 Å². The lowest BCUT2D eigenvalue weighted by Crippen LogP contribution is -2.54. The summed E-state index contributed by atoms with van der Waals surface area (Å²) in [6.07, 6.45) is 10.3. The van der Waals surface area contributed by atoms with Gasteiger partial charge in [-0.05, 0) is 105 Å². The van der Waals surface area contributed by atoms with E-state index in [9.17, 15) is 14.4 Å². The van der Waals surface area contributed by atoms with Gasteiger partial charge in [0, 0.05) is 12.3 Å². The summed E-state index contributed by atoms with van der Waals surface area (Å²) >= 11 is 0. The minimum atomic E-state index is -0.515. The molecule has 0 bridgehead atoms. The average Bonchev–Trinajstić information content (AvgIpc) is 3.16. The van der Waals surface area contributed by atoms with Crippen molar-refractivity contribution in [1.82, 2.24) is 0 Å². The number of rotatable bonds is 7. The van der Waals surface area contributed by atoms with Gasteiger partial charge in [-0.15, -0.1) is 0 Å². The van der Waals surface area contributed by atoms with Crippen LogP contribution in [0.4, 0.5) is 0 Å². The summed E-state index contributed by atoms with van der Waals surface area (Å²) in [5, 5.41) is 0. The number of nitrogens with two attached hydrogens (primary N) is 1. The molecule has 0 heterocycles. The molecule has 4 rings (SSSR count). The van der Waals surface area contributed by atoms with Gasteiger partial charge in [0.05, 0.1) is 12.0 Å². The number of hydrogen-bond donors (Lipinski definition) is 1. The molecule has 0 aromatic rings. The highest BCUT2D eigenvalue weighted by atomic mass is 16.5. The van der Waals surface area contributed by atoms with Gasteiger partial charge >= 0.3 is 5.97 Å². The van der Waals surface area contributed by atoms with Crippen molar-refractivity contribution >= 4 is 17.5 Å². The first-order valence-corrected chi connectivity index (χ1v) is 14.4. The maximum absolute atomic E-state index is 12.8. The number of hydrogen-bond acceptors (Lipinski definition) is 5. The predicted octanol–water partition coefficient (Wildman–Crippen LogP) is 5.72. The molecule has 0 radical (unpaired) electrons. The fraction of sp³-hybridized carbons (Fsp3) is 0.900. The Labute approximate surface area is 212 Å². The second-order valence-electron chi connectivity index (χ2n) is 13.6. The maximum Gasteiger partial charge on any atom is 0.309 e. The second kappa shape index (κ2) is 9.91. The van der Waals surface area contributed by atoms with E-state index in [0.29, 0.717) is 23.0 Å². The van der Waals surface area contributed by atoms with E-state index in [1.165, 1.54) is 32.1 Å². The minimum absolute atomic E-state index is 0.0316. The van der Waals surface area contributed by atoms with Gasteiger partial charge < -0.3 is 10.5 Å². The Morgan fingerprint density at radius 2 is 1.57 bits per heavy atom. The van der Waals surface area contributed by atoms with Crippen LogP contribution < -0.4 is 5.73 Å². The van der Waals surface area contributed by atoms with Crippen molar-refractivity contribution in [1.29, 1.82) is 0 Å². The smallest absolute Gasteiger partial charge is 0.309 e. The zero-order valence-corrected chi connectivity index (χ0v) is 23.0. The molecule has 35 heavy (non-hydrogen) atoms. The van der Waals surface area contributed by atoms with Gasteiger partial charge in [0.1, 0.15) is 11.9 Å². The number of esters is 1. The summed E-state index contributed by atoms with van der Waals surface area (Å²) in [4.78, 5) is 37.6. The Hall–Kier alpha value is -1.23. The highest BCUT2D eigenvalue weighted by molar-refractivity contribution is 5.88. The van der Waals surface area contributed by atoms with Crippen molar-refractivity contribution in [3.8, 4) is 0 Å². The Balaban J connectivity index is 1.36. The van der Waals surface area contributed by atoms with Gasteiger partial charge in [0.15, 0.2) is 5.78 Å². The molecule has 0 aromatic carbocycles. The number of Topliss-reactive ketones (excluding diaryl/α,β-unsaturated/α-hetero) is 2. The van der Waals surface area contributed by atoms with Crippen LogP contribution in [0.3, 0.4) is 0 Å². The standard InChI is InChI=1S/C30H49NO4/c1-17(2)27(31)26(33)15-18(3)28(34)35-21-11-13-29(5)20(16-21)7-8-22-24-10-9-23(19(4)32)30(24,6)14-12-25(22)29/h17-18,20-25,27H,7-16,31H2,1-6H3/t18-,20+,21-,22+,23-,24+,25+,27+,29+,30-/m1/s1. The fourth-order valence-corrected chi connectivity index (χ4v) is 9.17. The molecule has 5 nitrogen and oxygen atoms in total. The van der Waals surface area contributed by atoms with E-state index in [0.717, 1.165) is 37.5 Å². The van der Waals surface area contributed by atoms with Crippen LogP contribution >= 0.6 is 0 Å². The molecule has 0 unspecified atom stereocenters. The van der Waals surface area contributed by atoms with Crippen LogP contribution in [0.2, 0.25) is 0 Å². The molecule has 4 fully saturated rings. The first-order chi connectivity index (χ1) is 16.4. The first-order valence-electron chi connectivity index (χ1n) is 14.4. The van der Waals surface area contributed by atoms with Gasteiger partial charge in [-0.25, -0.2) is 0 Å². The largest absolute Gasteiger partial charge is 0.462 e. The van der Waals surface area contributed by atoms with Crippen molar-refractivity contribution in [3.05, 3.63) is 0 Å². The zero-order chi connectivity index (χ0) is 25.7. The Morgan fingerprint density at radius 3 is 2.23 bits per heavy atom. The first kappa shape index (κ1) is 26.8.